The van der Waals surface area contributed by atoms with Crippen molar-refractivity contribution in [3.8, 4) is 5.75 Å². The molecule has 1 saturated carbocycles. The fourth-order valence-electron chi connectivity index (χ4n) is 4.69. The Morgan fingerprint density at radius 3 is 2.47 bits per heavy atom. The predicted molar refractivity (Wildman–Crippen MR) is 156 cm³/mol. The van der Waals surface area contributed by atoms with Crippen LogP contribution in [0.4, 0.5) is 0 Å². The summed E-state index contributed by atoms with van der Waals surface area (Å²) in [6.07, 6.45) is 4.46. The van der Waals surface area contributed by atoms with E-state index in [9.17, 15) is 9.59 Å². The molecule has 0 aliphatic heterocycles. The molecular weight excluding hydrogens is 587 g/mol. The predicted octanol–water partition coefficient (Wildman–Crippen LogP) is 7.14. The van der Waals surface area contributed by atoms with Gasteiger partial charge in [0.25, 0.3) is 5.91 Å². The summed E-state index contributed by atoms with van der Waals surface area (Å²) in [6, 6.07) is 19.8. The number of ether oxygens (including phenoxy) is 1. The normalized spacial score (nSPS) is 14.2. The summed E-state index contributed by atoms with van der Waals surface area (Å²) in [5.41, 5.74) is 2.66. The Bertz CT molecular complexity index is 1270. The van der Waals surface area contributed by atoms with Crippen molar-refractivity contribution in [1.29, 1.82) is 0 Å². The van der Waals surface area contributed by atoms with Crippen molar-refractivity contribution in [2.24, 2.45) is 0 Å². The zero-order valence-corrected chi connectivity index (χ0v) is 24.4. The van der Waals surface area contributed by atoms with Crippen LogP contribution >= 0.6 is 39.1 Å². The molecule has 1 fully saturated rings. The van der Waals surface area contributed by atoms with E-state index in [1.165, 1.54) is 0 Å². The van der Waals surface area contributed by atoms with Crippen LogP contribution in [0.3, 0.4) is 0 Å². The van der Waals surface area contributed by atoms with Crippen LogP contribution in [-0.2, 0) is 22.6 Å². The monoisotopic (exact) mass is 616 g/mol. The third-order valence-electron chi connectivity index (χ3n) is 6.82. The number of carbonyl (C=O) groups excluding carboxylic acids is 2. The zero-order valence-electron chi connectivity index (χ0n) is 21.3. The summed E-state index contributed by atoms with van der Waals surface area (Å²) in [6.45, 7) is 1.89. The summed E-state index contributed by atoms with van der Waals surface area (Å²) in [5, 5.41) is 4.14. The molecule has 200 valence electrons. The van der Waals surface area contributed by atoms with Crippen molar-refractivity contribution in [2.75, 3.05) is 6.61 Å². The number of hydrogen-bond donors (Lipinski definition) is 1. The van der Waals surface area contributed by atoms with Gasteiger partial charge in [0.1, 0.15) is 11.8 Å². The zero-order chi connectivity index (χ0) is 27.1. The molecule has 0 unspecified atom stereocenters. The number of nitrogens with one attached hydrogen (secondary N) is 1. The lowest BCUT2D eigenvalue weighted by molar-refractivity contribution is -0.143. The number of benzene rings is 3. The van der Waals surface area contributed by atoms with Crippen molar-refractivity contribution in [3.05, 3.63) is 97.9 Å². The Hall–Kier alpha value is -2.54. The Morgan fingerprint density at radius 2 is 1.79 bits per heavy atom. The van der Waals surface area contributed by atoms with E-state index in [0.717, 1.165) is 41.3 Å². The molecule has 3 aromatic rings. The van der Waals surface area contributed by atoms with E-state index in [0.29, 0.717) is 27.8 Å². The highest BCUT2D eigenvalue weighted by Gasteiger charge is 2.32. The first-order valence-electron chi connectivity index (χ1n) is 12.8. The van der Waals surface area contributed by atoms with E-state index < -0.39 is 6.04 Å². The maximum Gasteiger partial charge on any atom is 0.261 e. The van der Waals surface area contributed by atoms with Gasteiger partial charge in [0, 0.05) is 33.5 Å². The first-order valence-corrected chi connectivity index (χ1v) is 14.3. The third kappa shape index (κ3) is 7.75. The molecule has 1 atom stereocenters. The molecule has 1 aliphatic rings. The van der Waals surface area contributed by atoms with E-state index in [2.05, 4.69) is 21.2 Å². The van der Waals surface area contributed by atoms with Crippen molar-refractivity contribution in [2.45, 2.75) is 57.7 Å². The van der Waals surface area contributed by atoms with Crippen LogP contribution in [0.5, 0.6) is 5.75 Å². The second-order valence-electron chi connectivity index (χ2n) is 9.65. The molecular formula is C30H31BrCl2N2O3. The van der Waals surface area contributed by atoms with Crippen molar-refractivity contribution in [1.82, 2.24) is 10.2 Å². The van der Waals surface area contributed by atoms with Gasteiger partial charge >= 0.3 is 0 Å². The fourth-order valence-corrected chi connectivity index (χ4v) is 5.40. The second kappa shape index (κ2) is 13.5. The molecule has 0 spiro atoms. The van der Waals surface area contributed by atoms with Crippen LogP contribution in [-0.4, -0.2) is 35.4 Å². The van der Waals surface area contributed by atoms with Gasteiger partial charge in [-0.3, -0.25) is 9.59 Å². The van der Waals surface area contributed by atoms with Gasteiger partial charge in [-0.25, -0.2) is 0 Å². The Labute approximate surface area is 242 Å². The van der Waals surface area contributed by atoms with Gasteiger partial charge in [0.05, 0.1) is 0 Å². The van der Waals surface area contributed by atoms with Gasteiger partial charge in [-0.1, -0.05) is 88.4 Å². The van der Waals surface area contributed by atoms with Crippen molar-refractivity contribution < 1.29 is 14.3 Å². The molecule has 0 aromatic heterocycles. The summed E-state index contributed by atoms with van der Waals surface area (Å²) >= 11 is 16.1. The van der Waals surface area contributed by atoms with E-state index in [1.54, 1.807) is 29.2 Å². The van der Waals surface area contributed by atoms with E-state index in [-0.39, 0.29) is 31.0 Å². The van der Waals surface area contributed by atoms with Gasteiger partial charge < -0.3 is 15.0 Å². The number of carbonyl (C=O) groups is 2. The Kier molecular flexibility index (Phi) is 10.1. The van der Waals surface area contributed by atoms with Gasteiger partial charge in [0.15, 0.2) is 6.61 Å². The van der Waals surface area contributed by atoms with Crippen LogP contribution in [0, 0.1) is 6.92 Å². The van der Waals surface area contributed by atoms with Crippen molar-refractivity contribution in [3.63, 3.8) is 0 Å². The quantitative estimate of drug-likeness (QED) is 0.263. The molecule has 4 rings (SSSR count). The lowest BCUT2D eigenvalue weighted by atomic mass is 10.0. The molecule has 1 aliphatic carbocycles. The van der Waals surface area contributed by atoms with Gasteiger partial charge in [-0.2, -0.15) is 0 Å². The minimum absolute atomic E-state index is 0.124. The number of nitrogens with zero attached hydrogens (tertiary/aromatic N) is 1. The van der Waals surface area contributed by atoms with Crippen molar-refractivity contribution >= 4 is 50.9 Å². The lowest BCUT2D eigenvalue weighted by Crippen LogP contribution is -2.53. The maximum absolute atomic E-state index is 13.8. The van der Waals surface area contributed by atoms with Gasteiger partial charge in [0.2, 0.25) is 5.91 Å². The molecule has 0 bridgehead atoms. The SMILES string of the molecule is Cc1cc(OCC(=O)N(Cc2ccc(Cl)cc2Cl)[C@@H](Cc2ccccc2)C(=O)NC2CCCC2)ccc1Br. The Balaban J connectivity index is 1.63. The average molecular weight is 618 g/mol. The maximum atomic E-state index is 13.8. The fraction of sp³-hybridized carbons (Fsp3) is 0.333. The lowest BCUT2D eigenvalue weighted by Gasteiger charge is -2.32. The number of hydrogen-bond acceptors (Lipinski definition) is 3. The average Bonchev–Trinajstić information content (AvgIpc) is 3.41. The highest BCUT2D eigenvalue weighted by atomic mass is 79.9. The summed E-state index contributed by atoms with van der Waals surface area (Å²) in [4.78, 5) is 29.1. The Morgan fingerprint density at radius 1 is 1.05 bits per heavy atom. The third-order valence-corrected chi connectivity index (χ3v) is 8.30. The molecule has 8 heteroatoms. The molecule has 2 amide bonds. The molecule has 0 radical (unpaired) electrons. The van der Waals surface area contributed by atoms with E-state index in [4.69, 9.17) is 27.9 Å². The first-order chi connectivity index (χ1) is 18.3. The largest absolute Gasteiger partial charge is 0.484 e. The minimum Gasteiger partial charge on any atom is -0.484 e. The molecule has 1 N–H and O–H groups in total. The highest BCUT2D eigenvalue weighted by molar-refractivity contribution is 9.10. The van der Waals surface area contributed by atoms with Crippen LogP contribution in [0.25, 0.3) is 0 Å². The highest BCUT2D eigenvalue weighted by Crippen LogP contribution is 2.26. The molecule has 0 saturated heterocycles. The van der Waals surface area contributed by atoms with Crippen LogP contribution in [0.1, 0.15) is 42.4 Å². The number of aryl methyl sites for hydroxylation is 1. The van der Waals surface area contributed by atoms with E-state index in [1.807, 2.05) is 49.4 Å². The molecule has 38 heavy (non-hydrogen) atoms. The van der Waals surface area contributed by atoms with Crippen LogP contribution < -0.4 is 10.1 Å². The minimum atomic E-state index is -0.743. The summed E-state index contributed by atoms with van der Waals surface area (Å²) in [5.74, 6) is 0.108. The molecule has 5 nitrogen and oxygen atoms in total. The topological polar surface area (TPSA) is 58.6 Å². The van der Waals surface area contributed by atoms with Gasteiger partial charge in [-0.05, 0) is 66.8 Å². The summed E-state index contributed by atoms with van der Waals surface area (Å²) < 4.78 is 6.85. The van der Waals surface area contributed by atoms with Gasteiger partial charge in [-0.15, -0.1) is 0 Å². The standard InChI is InChI=1S/C30H31BrCl2N2O3/c1-20-15-25(13-14-26(20)31)38-19-29(36)35(18-22-11-12-23(32)17-27(22)33)28(16-21-7-3-2-4-8-21)30(37)34-24-9-5-6-10-24/h2-4,7-8,11-15,17,24,28H,5-6,9-10,16,18-19H2,1H3,(H,34,37)/t28-/m0/s1. The smallest absolute Gasteiger partial charge is 0.261 e. The van der Waals surface area contributed by atoms with Crippen LogP contribution in [0.2, 0.25) is 10.0 Å². The first kappa shape index (κ1) is 28.5. The number of halogens is 3. The van der Waals surface area contributed by atoms with E-state index >= 15 is 0 Å². The number of rotatable bonds is 10. The summed E-state index contributed by atoms with van der Waals surface area (Å²) in [7, 11) is 0. The molecule has 0 heterocycles. The second-order valence-corrected chi connectivity index (χ2v) is 11.4. The van der Waals surface area contributed by atoms with Crippen LogP contribution in [0.15, 0.2) is 71.2 Å². The number of amides is 2. The molecule has 3 aromatic carbocycles.